The van der Waals surface area contributed by atoms with Gasteiger partial charge in [0.1, 0.15) is 0 Å². The Labute approximate surface area is 129 Å². The van der Waals surface area contributed by atoms with Crippen LogP contribution in [0.5, 0.6) is 0 Å². The van der Waals surface area contributed by atoms with Gasteiger partial charge in [0.25, 0.3) is 5.91 Å². The van der Waals surface area contributed by atoms with Crippen LogP contribution >= 0.6 is 24.2 Å². The Kier molecular flexibility index (Phi) is 4.73. The summed E-state index contributed by atoms with van der Waals surface area (Å²) in [5, 5.41) is 3.67. The Hall–Kier alpha value is -1.45. The monoisotopic (exact) mass is 305 g/mol. The van der Waals surface area contributed by atoms with Gasteiger partial charge in [0.15, 0.2) is 0 Å². The van der Waals surface area contributed by atoms with Crippen LogP contribution in [0, 0.1) is 6.92 Å². The number of amides is 1. The molecule has 20 heavy (non-hydrogen) atoms. The van der Waals surface area contributed by atoms with Crippen molar-refractivity contribution in [3.63, 3.8) is 0 Å². The summed E-state index contributed by atoms with van der Waals surface area (Å²) in [6.45, 7) is 3.86. The van der Waals surface area contributed by atoms with Crippen LogP contribution in [0.25, 0.3) is 0 Å². The van der Waals surface area contributed by atoms with E-state index in [-0.39, 0.29) is 11.9 Å². The smallest absolute Gasteiger partial charge is 0.252 e. The minimum absolute atomic E-state index is 0.0808. The van der Waals surface area contributed by atoms with Gasteiger partial charge >= 0.3 is 0 Å². The summed E-state index contributed by atoms with van der Waals surface area (Å²) < 4.78 is 0. The number of benzene rings is 2. The van der Waals surface area contributed by atoms with Crippen LogP contribution in [0.1, 0.15) is 34.5 Å². The molecule has 0 saturated carbocycles. The van der Waals surface area contributed by atoms with E-state index in [1.165, 1.54) is 0 Å². The number of rotatable bonds is 3. The zero-order valence-electron chi connectivity index (χ0n) is 11.4. The van der Waals surface area contributed by atoms with Crippen molar-refractivity contribution in [3.8, 4) is 0 Å². The molecule has 2 aromatic carbocycles. The first-order valence-electron chi connectivity index (χ1n) is 6.33. The normalized spacial score (nSPS) is 12.0. The van der Waals surface area contributed by atoms with E-state index in [1.54, 1.807) is 6.07 Å². The number of hydrogen-bond donors (Lipinski definition) is 2. The van der Waals surface area contributed by atoms with Crippen molar-refractivity contribution in [1.29, 1.82) is 0 Å². The molecule has 2 rings (SSSR count). The van der Waals surface area contributed by atoms with Crippen molar-refractivity contribution in [2.45, 2.75) is 24.8 Å². The predicted molar refractivity (Wildman–Crippen MR) is 85.8 cm³/mol. The van der Waals surface area contributed by atoms with E-state index in [9.17, 15) is 4.79 Å². The first-order chi connectivity index (χ1) is 9.47. The first-order valence-corrected chi connectivity index (χ1v) is 7.16. The highest BCUT2D eigenvalue weighted by Gasteiger charge is 2.13. The number of halogens is 1. The summed E-state index contributed by atoms with van der Waals surface area (Å²) >= 11 is 10.1. The van der Waals surface area contributed by atoms with Crippen LogP contribution in [0.2, 0.25) is 5.02 Å². The molecule has 0 radical (unpaired) electrons. The SMILES string of the molecule is Cc1ccc(S)cc1C(=O)NC(C)c1ccc(Cl)cc1. The molecule has 2 nitrogen and oxygen atoms in total. The second kappa shape index (κ2) is 6.33. The van der Waals surface area contributed by atoms with Gasteiger partial charge < -0.3 is 5.32 Å². The highest BCUT2D eigenvalue weighted by molar-refractivity contribution is 7.80. The number of hydrogen-bond acceptors (Lipinski definition) is 2. The van der Waals surface area contributed by atoms with Gasteiger partial charge in [-0.05, 0) is 49.2 Å². The van der Waals surface area contributed by atoms with E-state index in [2.05, 4.69) is 17.9 Å². The van der Waals surface area contributed by atoms with Crippen LogP contribution in [0.4, 0.5) is 0 Å². The van der Waals surface area contributed by atoms with Gasteiger partial charge in [-0.2, -0.15) is 0 Å². The summed E-state index contributed by atoms with van der Waals surface area (Å²) in [4.78, 5) is 13.1. The third-order valence-corrected chi connectivity index (χ3v) is 3.71. The zero-order valence-corrected chi connectivity index (χ0v) is 13.0. The molecule has 1 amide bonds. The largest absolute Gasteiger partial charge is 0.346 e. The summed E-state index contributed by atoms with van der Waals surface area (Å²) in [5.74, 6) is -0.0964. The summed E-state index contributed by atoms with van der Waals surface area (Å²) in [6.07, 6.45) is 0. The van der Waals surface area contributed by atoms with Gasteiger partial charge in [-0.3, -0.25) is 4.79 Å². The molecule has 4 heteroatoms. The van der Waals surface area contributed by atoms with Gasteiger partial charge in [-0.15, -0.1) is 12.6 Å². The standard InChI is InChI=1S/C16H16ClNOS/c1-10-3-8-14(20)9-15(10)16(19)18-11(2)12-4-6-13(17)7-5-12/h3-9,11,20H,1-2H3,(H,18,19). The lowest BCUT2D eigenvalue weighted by atomic mass is 10.1. The Morgan fingerprint density at radius 3 is 2.50 bits per heavy atom. The Bertz CT molecular complexity index is 625. The van der Waals surface area contributed by atoms with Crippen molar-refractivity contribution >= 4 is 30.1 Å². The van der Waals surface area contributed by atoms with E-state index in [0.717, 1.165) is 16.0 Å². The molecular weight excluding hydrogens is 290 g/mol. The third kappa shape index (κ3) is 3.56. The van der Waals surface area contributed by atoms with Crippen molar-refractivity contribution in [2.75, 3.05) is 0 Å². The van der Waals surface area contributed by atoms with E-state index in [4.69, 9.17) is 11.6 Å². The number of thiol groups is 1. The second-order valence-corrected chi connectivity index (χ2v) is 5.70. The molecule has 0 aromatic heterocycles. The molecule has 2 aromatic rings. The molecule has 0 saturated heterocycles. The van der Waals surface area contributed by atoms with Crippen LogP contribution < -0.4 is 5.32 Å². The maximum atomic E-state index is 12.3. The molecule has 0 bridgehead atoms. The summed E-state index contributed by atoms with van der Waals surface area (Å²) in [6, 6.07) is 12.9. The van der Waals surface area contributed by atoms with Crippen LogP contribution in [-0.4, -0.2) is 5.91 Å². The zero-order chi connectivity index (χ0) is 14.7. The maximum absolute atomic E-state index is 12.3. The molecule has 104 valence electrons. The van der Waals surface area contributed by atoms with Crippen LogP contribution in [-0.2, 0) is 0 Å². The number of carbonyl (C=O) groups is 1. The summed E-state index contributed by atoms with van der Waals surface area (Å²) in [5.41, 5.74) is 2.60. The molecule has 1 unspecified atom stereocenters. The molecule has 1 atom stereocenters. The highest BCUT2D eigenvalue weighted by Crippen LogP contribution is 2.18. The average Bonchev–Trinajstić information content (AvgIpc) is 2.42. The molecule has 0 aliphatic rings. The minimum atomic E-state index is -0.0964. The van der Waals surface area contributed by atoms with E-state index >= 15 is 0 Å². The van der Waals surface area contributed by atoms with Crippen LogP contribution in [0.15, 0.2) is 47.4 Å². The molecular formula is C16H16ClNOS. The Morgan fingerprint density at radius 2 is 1.85 bits per heavy atom. The fourth-order valence-electron chi connectivity index (χ4n) is 1.96. The predicted octanol–water partition coefficient (Wildman–Crippen LogP) is 4.43. The number of nitrogens with one attached hydrogen (secondary N) is 1. The molecule has 0 aliphatic heterocycles. The molecule has 1 N–H and O–H groups in total. The Balaban J connectivity index is 2.15. The lowest BCUT2D eigenvalue weighted by molar-refractivity contribution is 0.0939. The van der Waals surface area contributed by atoms with Gasteiger partial charge in [-0.1, -0.05) is 29.8 Å². The van der Waals surface area contributed by atoms with Gasteiger partial charge in [0, 0.05) is 15.5 Å². The highest BCUT2D eigenvalue weighted by atomic mass is 35.5. The van der Waals surface area contributed by atoms with Gasteiger partial charge in [0.05, 0.1) is 6.04 Å². The molecule has 0 aliphatic carbocycles. The topological polar surface area (TPSA) is 29.1 Å². The molecule has 0 spiro atoms. The van der Waals surface area contributed by atoms with Crippen molar-refractivity contribution in [1.82, 2.24) is 5.32 Å². The number of carbonyl (C=O) groups excluding carboxylic acids is 1. The minimum Gasteiger partial charge on any atom is -0.346 e. The molecule has 0 heterocycles. The second-order valence-electron chi connectivity index (χ2n) is 4.75. The van der Waals surface area contributed by atoms with Gasteiger partial charge in [0.2, 0.25) is 0 Å². The summed E-state index contributed by atoms with van der Waals surface area (Å²) in [7, 11) is 0. The van der Waals surface area contributed by atoms with Crippen LogP contribution in [0.3, 0.4) is 0 Å². The third-order valence-electron chi connectivity index (χ3n) is 3.18. The van der Waals surface area contributed by atoms with Crippen molar-refractivity contribution in [3.05, 3.63) is 64.2 Å². The van der Waals surface area contributed by atoms with E-state index < -0.39 is 0 Å². The lowest BCUT2D eigenvalue weighted by Gasteiger charge is -2.15. The molecule has 0 fully saturated rings. The van der Waals surface area contributed by atoms with Crippen molar-refractivity contribution in [2.24, 2.45) is 0 Å². The first kappa shape index (κ1) is 14.9. The fourth-order valence-corrected chi connectivity index (χ4v) is 2.29. The van der Waals surface area contributed by atoms with E-state index in [0.29, 0.717) is 10.6 Å². The quantitative estimate of drug-likeness (QED) is 0.807. The Morgan fingerprint density at radius 1 is 1.20 bits per heavy atom. The lowest BCUT2D eigenvalue weighted by Crippen LogP contribution is -2.27. The number of aryl methyl sites for hydroxylation is 1. The van der Waals surface area contributed by atoms with Gasteiger partial charge in [-0.25, -0.2) is 0 Å². The maximum Gasteiger partial charge on any atom is 0.252 e. The average molecular weight is 306 g/mol. The van der Waals surface area contributed by atoms with E-state index in [1.807, 2.05) is 50.2 Å². The van der Waals surface area contributed by atoms with Crippen molar-refractivity contribution < 1.29 is 4.79 Å². The fraction of sp³-hybridized carbons (Fsp3) is 0.188.